The summed E-state index contributed by atoms with van der Waals surface area (Å²) < 4.78 is 30.3. The maximum Gasteiger partial charge on any atom is 0.275 e. The minimum atomic E-state index is -3.57. The van der Waals surface area contributed by atoms with E-state index < -0.39 is 15.9 Å². The molecule has 0 fully saturated rings. The van der Waals surface area contributed by atoms with Gasteiger partial charge in [0.25, 0.3) is 5.91 Å². The van der Waals surface area contributed by atoms with Crippen LogP contribution in [0.15, 0.2) is 24.3 Å². The van der Waals surface area contributed by atoms with Crippen molar-refractivity contribution in [2.75, 3.05) is 13.4 Å². The fourth-order valence-corrected chi connectivity index (χ4v) is 3.39. The van der Waals surface area contributed by atoms with Crippen molar-refractivity contribution in [3.05, 3.63) is 34.7 Å². The maximum absolute atomic E-state index is 12.0. The van der Waals surface area contributed by atoms with Crippen LogP contribution in [0, 0.1) is 0 Å². The lowest BCUT2D eigenvalue weighted by atomic mass is 10.1. The average molecular weight is 299 g/mol. The number of rotatable bonds is 4. The molecule has 0 atom stereocenters. The molecule has 0 aliphatic rings. The molecule has 0 radical (unpaired) electrons. The maximum atomic E-state index is 12.0. The van der Waals surface area contributed by atoms with Crippen molar-refractivity contribution in [2.24, 2.45) is 0 Å². The van der Waals surface area contributed by atoms with E-state index in [1.807, 2.05) is 29.0 Å². The molecule has 1 amide bonds. The first kappa shape index (κ1) is 14.0. The number of nitrogens with one attached hydrogen (secondary N) is 1. The summed E-state index contributed by atoms with van der Waals surface area (Å²) in [5.41, 5.74) is 0.712. The quantitative estimate of drug-likeness (QED) is 0.933. The van der Waals surface area contributed by atoms with E-state index in [1.54, 1.807) is 0 Å². The highest BCUT2D eigenvalue weighted by atomic mass is 32.2. The Kier molecular flexibility index (Phi) is 3.88. The summed E-state index contributed by atoms with van der Waals surface area (Å²) in [6.07, 6.45) is 0.953. The van der Waals surface area contributed by atoms with Crippen LogP contribution in [0.3, 0.4) is 0 Å². The Balaban J connectivity index is 2.53. The summed E-state index contributed by atoms with van der Waals surface area (Å²) in [6, 6.07) is 7.51. The van der Waals surface area contributed by atoms with Gasteiger partial charge < -0.3 is 4.74 Å². The number of fused-ring (bicyclic) bond motifs is 1. The van der Waals surface area contributed by atoms with Crippen molar-refractivity contribution in [3.8, 4) is 0 Å². The third-order valence-corrected chi connectivity index (χ3v) is 4.24. The summed E-state index contributed by atoms with van der Waals surface area (Å²) in [5, 5.41) is 0.910. The number of carbonyl (C=O) groups excluding carboxylic acids is 1. The first-order valence-corrected chi connectivity index (χ1v) is 8.14. The van der Waals surface area contributed by atoms with Gasteiger partial charge in [-0.2, -0.15) is 0 Å². The summed E-state index contributed by atoms with van der Waals surface area (Å²) in [5.74, 6) is -0.615. The molecule has 0 spiro atoms. The van der Waals surface area contributed by atoms with Gasteiger partial charge in [-0.3, -0.25) is 4.79 Å². The molecule has 0 aliphatic heterocycles. The van der Waals surface area contributed by atoms with Gasteiger partial charge in [-0.05, 0) is 11.5 Å². The lowest BCUT2D eigenvalue weighted by Gasteiger charge is -2.04. The van der Waals surface area contributed by atoms with E-state index in [1.165, 1.54) is 18.4 Å². The van der Waals surface area contributed by atoms with Gasteiger partial charge in [-0.1, -0.05) is 18.2 Å². The Bertz CT molecular complexity index is 718. The summed E-state index contributed by atoms with van der Waals surface area (Å²) in [7, 11) is -2.04. The van der Waals surface area contributed by atoms with Gasteiger partial charge in [0.1, 0.15) is 0 Å². The molecule has 0 unspecified atom stereocenters. The Labute approximate surface area is 115 Å². The highest BCUT2D eigenvalue weighted by Gasteiger charge is 2.20. The van der Waals surface area contributed by atoms with Gasteiger partial charge in [0.2, 0.25) is 10.0 Å². The Morgan fingerprint density at radius 1 is 1.37 bits per heavy atom. The van der Waals surface area contributed by atoms with Crippen LogP contribution >= 0.6 is 11.3 Å². The highest BCUT2D eigenvalue weighted by molar-refractivity contribution is 7.89. The normalized spacial score (nSPS) is 11.7. The molecule has 1 N–H and O–H groups in total. The number of amides is 1. The van der Waals surface area contributed by atoms with Crippen LogP contribution < -0.4 is 4.72 Å². The number of sulfonamides is 1. The molecule has 0 saturated carbocycles. The lowest BCUT2D eigenvalue weighted by molar-refractivity contribution is 0.0981. The molecule has 2 rings (SSSR count). The number of methoxy groups -OCH3 is 1. The van der Waals surface area contributed by atoms with Crippen molar-refractivity contribution in [1.29, 1.82) is 0 Å². The number of benzene rings is 1. The summed E-state index contributed by atoms with van der Waals surface area (Å²) in [4.78, 5) is 12.4. The molecule has 5 nitrogen and oxygen atoms in total. The number of ether oxygens (including phenoxy) is 1. The van der Waals surface area contributed by atoms with Crippen LogP contribution in [0.1, 0.15) is 15.2 Å². The van der Waals surface area contributed by atoms with E-state index in [2.05, 4.69) is 0 Å². The van der Waals surface area contributed by atoms with Gasteiger partial charge in [0, 0.05) is 17.4 Å². The topological polar surface area (TPSA) is 72.5 Å². The predicted molar refractivity (Wildman–Crippen MR) is 74.8 cm³/mol. The molecule has 0 aliphatic carbocycles. The molecular formula is C12H13NO4S2. The van der Waals surface area contributed by atoms with Crippen molar-refractivity contribution < 1.29 is 17.9 Å². The third-order valence-electron chi connectivity index (χ3n) is 2.47. The fourth-order valence-electron chi connectivity index (χ4n) is 1.78. The van der Waals surface area contributed by atoms with E-state index >= 15 is 0 Å². The zero-order valence-corrected chi connectivity index (χ0v) is 12.1. The Morgan fingerprint density at radius 2 is 2.05 bits per heavy atom. The van der Waals surface area contributed by atoms with Crippen LogP contribution in [0.2, 0.25) is 0 Å². The molecule has 1 heterocycles. The summed E-state index contributed by atoms with van der Waals surface area (Å²) >= 11 is 1.26. The number of thiophene rings is 1. The fraction of sp³-hybridized carbons (Fsp3) is 0.250. The minimum Gasteiger partial charge on any atom is -0.380 e. The number of carbonyl (C=O) groups is 1. The van der Waals surface area contributed by atoms with Crippen LogP contribution in [0.5, 0.6) is 0 Å². The monoisotopic (exact) mass is 299 g/mol. The van der Waals surface area contributed by atoms with Crippen LogP contribution in [-0.4, -0.2) is 27.7 Å². The van der Waals surface area contributed by atoms with Crippen molar-refractivity contribution in [3.63, 3.8) is 0 Å². The van der Waals surface area contributed by atoms with E-state index in [9.17, 15) is 13.2 Å². The largest absolute Gasteiger partial charge is 0.380 e. The minimum absolute atomic E-state index is 0.260. The SMILES string of the molecule is COCc1c(C(=O)NS(C)(=O)=O)sc2ccccc12. The van der Waals surface area contributed by atoms with E-state index in [4.69, 9.17) is 4.74 Å². The smallest absolute Gasteiger partial charge is 0.275 e. The van der Waals surface area contributed by atoms with Crippen LogP contribution in [-0.2, 0) is 21.4 Å². The van der Waals surface area contributed by atoms with Crippen LogP contribution in [0.25, 0.3) is 10.1 Å². The molecule has 1 aromatic heterocycles. The van der Waals surface area contributed by atoms with Crippen molar-refractivity contribution >= 4 is 37.4 Å². The molecule has 102 valence electrons. The molecule has 0 saturated heterocycles. The molecule has 1 aromatic carbocycles. The molecular weight excluding hydrogens is 286 g/mol. The van der Waals surface area contributed by atoms with Gasteiger partial charge in [-0.25, -0.2) is 13.1 Å². The molecule has 0 bridgehead atoms. The molecule has 7 heteroatoms. The molecule has 2 aromatic rings. The second-order valence-corrected chi connectivity index (χ2v) is 6.84. The number of hydrogen-bond donors (Lipinski definition) is 1. The van der Waals surface area contributed by atoms with Crippen molar-refractivity contribution in [2.45, 2.75) is 6.61 Å². The standard InChI is InChI=1S/C12H13NO4S2/c1-17-7-9-8-5-3-4-6-10(8)18-11(9)12(14)13-19(2,15)16/h3-6H,7H2,1-2H3,(H,13,14). The molecule has 19 heavy (non-hydrogen) atoms. The predicted octanol–water partition coefficient (Wildman–Crippen LogP) is 1.74. The van der Waals surface area contributed by atoms with Crippen LogP contribution in [0.4, 0.5) is 0 Å². The van der Waals surface area contributed by atoms with Gasteiger partial charge >= 0.3 is 0 Å². The highest BCUT2D eigenvalue weighted by Crippen LogP contribution is 2.31. The first-order chi connectivity index (χ1) is 8.92. The van der Waals surface area contributed by atoms with E-state index in [-0.39, 0.29) is 6.61 Å². The Morgan fingerprint density at radius 3 is 2.68 bits per heavy atom. The Hall–Kier alpha value is -1.44. The van der Waals surface area contributed by atoms with Crippen molar-refractivity contribution in [1.82, 2.24) is 4.72 Å². The third kappa shape index (κ3) is 3.12. The van der Waals surface area contributed by atoms with Gasteiger partial charge in [0.05, 0.1) is 17.7 Å². The second kappa shape index (κ2) is 5.28. The van der Waals surface area contributed by atoms with Gasteiger partial charge in [-0.15, -0.1) is 11.3 Å². The zero-order chi connectivity index (χ0) is 14.0. The van der Waals surface area contributed by atoms with Gasteiger partial charge in [0.15, 0.2) is 0 Å². The summed E-state index contributed by atoms with van der Waals surface area (Å²) in [6.45, 7) is 0.260. The average Bonchev–Trinajstić information content (AvgIpc) is 2.67. The first-order valence-electron chi connectivity index (χ1n) is 5.44. The van der Waals surface area contributed by atoms with E-state index in [0.717, 1.165) is 16.3 Å². The number of hydrogen-bond acceptors (Lipinski definition) is 5. The zero-order valence-electron chi connectivity index (χ0n) is 10.5. The second-order valence-electron chi connectivity index (χ2n) is 4.04. The lowest BCUT2D eigenvalue weighted by Crippen LogP contribution is -2.29. The van der Waals surface area contributed by atoms with E-state index in [0.29, 0.717) is 10.4 Å².